The Balaban J connectivity index is 2.80. The SMILES string of the molecule is CNCC(=O)Nc1c(Cl)cccc1Cl. The molecule has 0 spiro atoms. The molecule has 0 aliphatic carbocycles. The molecule has 0 atom stereocenters. The van der Waals surface area contributed by atoms with Gasteiger partial charge in [0.25, 0.3) is 0 Å². The van der Waals surface area contributed by atoms with Gasteiger partial charge < -0.3 is 10.6 Å². The predicted octanol–water partition coefficient (Wildman–Crippen LogP) is 2.15. The number of anilines is 1. The van der Waals surface area contributed by atoms with Crippen molar-refractivity contribution in [3.63, 3.8) is 0 Å². The smallest absolute Gasteiger partial charge is 0.238 e. The van der Waals surface area contributed by atoms with E-state index in [1.807, 2.05) is 0 Å². The Labute approximate surface area is 92.4 Å². The van der Waals surface area contributed by atoms with Crippen molar-refractivity contribution in [1.82, 2.24) is 5.32 Å². The first-order chi connectivity index (χ1) is 6.65. The Hall–Kier alpha value is -0.770. The van der Waals surface area contributed by atoms with Gasteiger partial charge in [-0.3, -0.25) is 4.79 Å². The van der Waals surface area contributed by atoms with Crippen LogP contribution in [0.4, 0.5) is 5.69 Å². The first kappa shape index (κ1) is 11.3. The lowest BCUT2D eigenvalue weighted by molar-refractivity contribution is -0.115. The van der Waals surface area contributed by atoms with Crippen molar-refractivity contribution in [1.29, 1.82) is 0 Å². The Bertz CT molecular complexity index is 321. The van der Waals surface area contributed by atoms with Crippen molar-refractivity contribution in [2.75, 3.05) is 18.9 Å². The highest BCUT2D eigenvalue weighted by Gasteiger charge is 2.07. The fraction of sp³-hybridized carbons (Fsp3) is 0.222. The molecule has 0 saturated heterocycles. The molecule has 0 saturated carbocycles. The Morgan fingerprint density at radius 2 is 1.93 bits per heavy atom. The summed E-state index contributed by atoms with van der Waals surface area (Å²) in [5.74, 6) is -0.178. The number of para-hydroxylation sites is 1. The van der Waals surface area contributed by atoms with Crippen LogP contribution in [0.3, 0.4) is 0 Å². The average Bonchev–Trinajstić information content (AvgIpc) is 2.12. The van der Waals surface area contributed by atoms with Gasteiger partial charge in [-0.1, -0.05) is 29.3 Å². The van der Waals surface area contributed by atoms with E-state index in [1.54, 1.807) is 25.2 Å². The van der Waals surface area contributed by atoms with Gasteiger partial charge in [0.2, 0.25) is 5.91 Å². The molecule has 5 heteroatoms. The molecule has 0 aromatic heterocycles. The average molecular weight is 233 g/mol. The van der Waals surface area contributed by atoms with Gasteiger partial charge in [0.05, 0.1) is 22.3 Å². The molecule has 1 aromatic rings. The molecule has 2 N–H and O–H groups in total. The van der Waals surface area contributed by atoms with E-state index in [0.717, 1.165) is 0 Å². The number of amides is 1. The Morgan fingerprint density at radius 3 is 2.43 bits per heavy atom. The molecule has 0 radical (unpaired) electrons. The van der Waals surface area contributed by atoms with Crippen LogP contribution < -0.4 is 10.6 Å². The standard InChI is InChI=1S/C9H10Cl2N2O/c1-12-5-8(14)13-9-6(10)3-2-4-7(9)11/h2-4,12H,5H2,1H3,(H,13,14). The molecule has 0 fully saturated rings. The highest BCUT2D eigenvalue weighted by molar-refractivity contribution is 6.39. The minimum atomic E-state index is -0.178. The number of halogens is 2. The molecular weight excluding hydrogens is 223 g/mol. The van der Waals surface area contributed by atoms with Crippen LogP contribution in [0.25, 0.3) is 0 Å². The number of benzene rings is 1. The third-order valence-electron chi connectivity index (χ3n) is 1.56. The molecule has 0 aliphatic rings. The zero-order chi connectivity index (χ0) is 10.6. The lowest BCUT2D eigenvalue weighted by Crippen LogP contribution is -2.25. The zero-order valence-corrected chi connectivity index (χ0v) is 9.12. The third-order valence-corrected chi connectivity index (χ3v) is 2.19. The van der Waals surface area contributed by atoms with Crippen molar-refractivity contribution >= 4 is 34.8 Å². The van der Waals surface area contributed by atoms with Gasteiger partial charge in [-0.05, 0) is 19.2 Å². The number of nitrogens with one attached hydrogen (secondary N) is 2. The number of hydrogen-bond acceptors (Lipinski definition) is 2. The summed E-state index contributed by atoms with van der Waals surface area (Å²) in [4.78, 5) is 11.2. The highest BCUT2D eigenvalue weighted by atomic mass is 35.5. The second-order valence-corrected chi connectivity index (χ2v) is 3.49. The van der Waals surface area contributed by atoms with E-state index in [0.29, 0.717) is 15.7 Å². The van der Waals surface area contributed by atoms with Crippen molar-refractivity contribution in [2.45, 2.75) is 0 Å². The van der Waals surface area contributed by atoms with Gasteiger partial charge >= 0.3 is 0 Å². The number of likely N-dealkylation sites (N-methyl/N-ethyl adjacent to an activating group) is 1. The lowest BCUT2D eigenvalue weighted by atomic mass is 10.3. The molecule has 0 aliphatic heterocycles. The summed E-state index contributed by atoms with van der Waals surface area (Å²) in [6, 6.07) is 5.06. The van der Waals surface area contributed by atoms with Crippen molar-refractivity contribution in [3.05, 3.63) is 28.2 Å². The van der Waals surface area contributed by atoms with Gasteiger partial charge in [-0.15, -0.1) is 0 Å². The predicted molar refractivity (Wildman–Crippen MR) is 59.0 cm³/mol. The van der Waals surface area contributed by atoms with Crippen LogP contribution in [0, 0.1) is 0 Å². The number of hydrogen-bond donors (Lipinski definition) is 2. The van der Waals surface area contributed by atoms with E-state index in [9.17, 15) is 4.79 Å². The van der Waals surface area contributed by atoms with E-state index in [2.05, 4.69) is 10.6 Å². The summed E-state index contributed by atoms with van der Waals surface area (Å²) in [7, 11) is 1.69. The molecule has 0 bridgehead atoms. The molecule has 0 heterocycles. The molecule has 1 rings (SSSR count). The lowest BCUT2D eigenvalue weighted by Gasteiger charge is -2.08. The van der Waals surface area contributed by atoms with Crippen LogP contribution in [-0.4, -0.2) is 19.5 Å². The van der Waals surface area contributed by atoms with Crippen LogP contribution in [-0.2, 0) is 4.79 Å². The molecule has 76 valence electrons. The Kier molecular flexibility index (Phi) is 4.20. The van der Waals surface area contributed by atoms with Crippen LogP contribution in [0.5, 0.6) is 0 Å². The summed E-state index contributed by atoms with van der Waals surface area (Å²) in [5.41, 5.74) is 0.455. The third kappa shape index (κ3) is 2.87. The van der Waals surface area contributed by atoms with E-state index in [4.69, 9.17) is 23.2 Å². The van der Waals surface area contributed by atoms with Crippen molar-refractivity contribution < 1.29 is 4.79 Å². The summed E-state index contributed by atoms with van der Waals surface area (Å²) >= 11 is 11.7. The number of rotatable bonds is 3. The summed E-state index contributed by atoms with van der Waals surface area (Å²) in [5, 5.41) is 6.21. The van der Waals surface area contributed by atoms with Gasteiger partial charge in [-0.2, -0.15) is 0 Å². The number of carbonyl (C=O) groups excluding carboxylic acids is 1. The summed E-state index contributed by atoms with van der Waals surface area (Å²) in [6.07, 6.45) is 0. The van der Waals surface area contributed by atoms with Crippen molar-refractivity contribution in [2.24, 2.45) is 0 Å². The van der Waals surface area contributed by atoms with Gasteiger partial charge in [0.1, 0.15) is 0 Å². The summed E-state index contributed by atoms with van der Waals surface area (Å²) < 4.78 is 0. The largest absolute Gasteiger partial charge is 0.322 e. The fourth-order valence-electron chi connectivity index (χ4n) is 0.961. The van der Waals surface area contributed by atoms with E-state index < -0.39 is 0 Å². The topological polar surface area (TPSA) is 41.1 Å². The van der Waals surface area contributed by atoms with Crippen LogP contribution in [0.15, 0.2) is 18.2 Å². The first-order valence-electron chi connectivity index (χ1n) is 4.03. The molecule has 1 amide bonds. The number of carbonyl (C=O) groups is 1. The van der Waals surface area contributed by atoms with E-state index in [-0.39, 0.29) is 12.5 Å². The highest BCUT2D eigenvalue weighted by Crippen LogP contribution is 2.29. The second-order valence-electron chi connectivity index (χ2n) is 2.68. The molecule has 14 heavy (non-hydrogen) atoms. The van der Waals surface area contributed by atoms with Gasteiger partial charge in [0, 0.05) is 0 Å². The fourth-order valence-corrected chi connectivity index (χ4v) is 1.45. The van der Waals surface area contributed by atoms with E-state index in [1.165, 1.54) is 0 Å². The first-order valence-corrected chi connectivity index (χ1v) is 4.79. The normalized spacial score (nSPS) is 9.93. The van der Waals surface area contributed by atoms with Crippen molar-refractivity contribution in [3.8, 4) is 0 Å². The van der Waals surface area contributed by atoms with E-state index >= 15 is 0 Å². The molecular formula is C9H10Cl2N2O. The van der Waals surface area contributed by atoms with Crippen LogP contribution in [0.1, 0.15) is 0 Å². The quantitative estimate of drug-likeness (QED) is 0.839. The minimum absolute atomic E-state index is 0.178. The zero-order valence-electron chi connectivity index (χ0n) is 7.60. The monoisotopic (exact) mass is 232 g/mol. The Morgan fingerprint density at radius 1 is 1.36 bits per heavy atom. The maximum absolute atomic E-state index is 11.2. The van der Waals surface area contributed by atoms with Crippen LogP contribution in [0.2, 0.25) is 10.0 Å². The molecule has 0 unspecified atom stereocenters. The van der Waals surface area contributed by atoms with Gasteiger partial charge in [-0.25, -0.2) is 0 Å². The maximum Gasteiger partial charge on any atom is 0.238 e. The minimum Gasteiger partial charge on any atom is -0.322 e. The maximum atomic E-state index is 11.2. The summed E-state index contributed by atoms with van der Waals surface area (Å²) in [6.45, 7) is 0.224. The molecule has 1 aromatic carbocycles. The second kappa shape index (κ2) is 5.20. The van der Waals surface area contributed by atoms with Gasteiger partial charge in [0.15, 0.2) is 0 Å². The molecule has 3 nitrogen and oxygen atoms in total. The van der Waals surface area contributed by atoms with Crippen LogP contribution >= 0.6 is 23.2 Å².